The molecule has 1 fully saturated rings. The number of hydrogen-bond acceptors (Lipinski definition) is 4. The molecular weight excluding hydrogens is 256 g/mol. The molecule has 1 aromatic rings. The second-order valence-electron chi connectivity index (χ2n) is 5.44. The first kappa shape index (κ1) is 14.8. The minimum atomic E-state index is -0.685. The monoisotopic (exact) mass is 278 g/mol. The minimum Gasteiger partial charge on any atom is -0.389 e. The highest BCUT2D eigenvalue weighted by molar-refractivity contribution is 5.64. The molecule has 1 saturated heterocycles. The largest absolute Gasteiger partial charge is 0.389 e. The number of anilines is 1. The molecule has 5 nitrogen and oxygen atoms in total. The van der Waals surface area contributed by atoms with Gasteiger partial charge in [-0.1, -0.05) is 25.3 Å². The molecule has 0 bridgehead atoms. The van der Waals surface area contributed by atoms with Crippen LogP contribution < -0.4 is 4.90 Å². The summed E-state index contributed by atoms with van der Waals surface area (Å²) in [5.74, 6) is 0. The third kappa shape index (κ3) is 3.48. The van der Waals surface area contributed by atoms with Crippen LogP contribution in [0.4, 0.5) is 11.4 Å². The second-order valence-corrected chi connectivity index (χ2v) is 5.44. The fourth-order valence-corrected chi connectivity index (χ4v) is 2.70. The third-order valence-corrected chi connectivity index (χ3v) is 3.88. The lowest BCUT2D eigenvalue weighted by Gasteiger charge is -2.26. The molecule has 0 aromatic heterocycles. The Morgan fingerprint density at radius 2 is 1.80 bits per heavy atom. The number of nitro groups is 1. The van der Waals surface area contributed by atoms with Crippen LogP contribution in [-0.2, 0) is 0 Å². The normalized spacial score (nSPS) is 18.2. The predicted octanol–water partition coefficient (Wildman–Crippen LogP) is 3.42. The number of nitro benzene ring substituents is 1. The standard InChI is InChI=1S/C15H22N2O3/c1-12(18)13-7-8-14(15(11-13)17(19)20)16-9-5-3-2-4-6-10-16/h7-8,11-12,18H,2-6,9-10H2,1H3/t12-/m1/s1. The Kier molecular flexibility index (Phi) is 4.95. The van der Waals surface area contributed by atoms with Crippen LogP contribution >= 0.6 is 0 Å². The summed E-state index contributed by atoms with van der Waals surface area (Å²) < 4.78 is 0. The first-order chi connectivity index (χ1) is 9.59. The molecule has 1 aliphatic heterocycles. The highest BCUT2D eigenvalue weighted by Gasteiger charge is 2.21. The molecule has 0 amide bonds. The van der Waals surface area contributed by atoms with Gasteiger partial charge in [0, 0.05) is 19.2 Å². The minimum absolute atomic E-state index is 0.101. The maximum Gasteiger partial charge on any atom is 0.292 e. The van der Waals surface area contributed by atoms with Crippen molar-refractivity contribution >= 4 is 11.4 Å². The lowest BCUT2D eigenvalue weighted by Crippen LogP contribution is -2.27. The first-order valence-corrected chi connectivity index (χ1v) is 7.31. The Hall–Kier alpha value is -1.62. The lowest BCUT2D eigenvalue weighted by atomic mass is 10.1. The lowest BCUT2D eigenvalue weighted by molar-refractivity contribution is -0.384. The van der Waals surface area contributed by atoms with Gasteiger partial charge >= 0.3 is 0 Å². The van der Waals surface area contributed by atoms with Gasteiger partial charge in [-0.15, -0.1) is 0 Å². The van der Waals surface area contributed by atoms with Crippen molar-refractivity contribution < 1.29 is 10.0 Å². The molecule has 5 heteroatoms. The Bertz CT molecular complexity index is 466. The summed E-state index contributed by atoms with van der Waals surface area (Å²) in [5.41, 5.74) is 1.37. The molecule has 0 aliphatic carbocycles. The molecule has 1 N–H and O–H groups in total. The average Bonchev–Trinajstić information content (AvgIpc) is 2.37. The summed E-state index contributed by atoms with van der Waals surface area (Å²) in [7, 11) is 0. The van der Waals surface area contributed by atoms with E-state index < -0.39 is 6.10 Å². The smallest absolute Gasteiger partial charge is 0.292 e. The van der Waals surface area contributed by atoms with E-state index in [0.717, 1.165) is 25.9 Å². The van der Waals surface area contributed by atoms with E-state index in [1.807, 2.05) is 0 Å². The van der Waals surface area contributed by atoms with Crippen molar-refractivity contribution in [3.63, 3.8) is 0 Å². The first-order valence-electron chi connectivity index (χ1n) is 7.31. The van der Waals surface area contributed by atoms with E-state index in [1.165, 1.54) is 25.3 Å². The molecule has 1 aromatic carbocycles. The van der Waals surface area contributed by atoms with Gasteiger partial charge in [0.1, 0.15) is 5.69 Å². The van der Waals surface area contributed by atoms with Gasteiger partial charge in [-0.05, 0) is 31.4 Å². The number of rotatable bonds is 3. The molecule has 20 heavy (non-hydrogen) atoms. The maximum absolute atomic E-state index is 11.3. The van der Waals surface area contributed by atoms with Crippen molar-refractivity contribution in [2.45, 2.75) is 45.1 Å². The Labute approximate surface area is 119 Å². The van der Waals surface area contributed by atoms with Gasteiger partial charge in [0.05, 0.1) is 11.0 Å². The van der Waals surface area contributed by atoms with Crippen LogP contribution in [0.1, 0.15) is 50.7 Å². The molecule has 0 unspecified atom stereocenters. The van der Waals surface area contributed by atoms with Gasteiger partial charge in [0.2, 0.25) is 0 Å². The number of benzene rings is 1. The van der Waals surface area contributed by atoms with Crippen LogP contribution in [0.3, 0.4) is 0 Å². The number of aliphatic hydroxyl groups is 1. The summed E-state index contributed by atoms with van der Waals surface area (Å²) in [6.45, 7) is 3.36. The number of hydrogen-bond donors (Lipinski definition) is 1. The average molecular weight is 278 g/mol. The summed E-state index contributed by atoms with van der Waals surface area (Å²) in [6.07, 6.45) is 5.11. The molecule has 1 atom stereocenters. The second kappa shape index (κ2) is 6.70. The van der Waals surface area contributed by atoms with Gasteiger partial charge in [-0.2, -0.15) is 0 Å². The van der Waals surface area contributed by atoms with E-state index in [4.69, 9.17) is 0 Å². The molecule has 0 spiro atoms. The van der Waals surface area contributed by atoms with Crippen molar-refractivity contribution in [2.75, 3.05) is 18.0 Å². The quantitative estimate of drug-likeness (QED) is 0.679. The predicted molar refractivity (Wildman–Crippen MR) is 79.0 cm³/mol. The Balaban J connectivity index is 2.31. The van der Waals surface area contributed by atoms with Crippen LogP contribution in [0.5, 0.6) is 0 Å². The van der Waals surface area contributed by atoms with Gasteiger partial charge in [0.15, 0.2) is 0 Å². The van der Waals surface area contributed by atoms with E-state index in [9.17, 15) is 15.2 Å². The maximum atomic E-state index is 11.3. The topological polar surface area (TPSA) is 66.6 Å². The van der Waals surface area contributed by atoms with Crippen molar-refractivity contribution in [3.8, 4) is 0 Å². The van der Waals surface area contributed by atoms with Gasteiger partial charge in [0.25, 0.3) is 5.69 Å². The molecule has 0 radical (unpaired) electrons. The fraction of sp³-hybridized carbons (Fsp3) is 0.600. The highest BCUT2D eigenvalue weighted by Crippen LogP contribution is 2.32. The van der Waals surface area contributed by atoms with E-state index in [1.54, 1.807) is 19.1 Å². The van der Waals surface area contributed by atoms with Crippen LogP contribution in [-0.4, -0.2) is 23.1 Å². The van der Waals surface area contributed by atoms with Crippen molar-refractivity contribution in [3.05, 3.63) is 33.9 Å². The number of aliphatic hydroxyl groups excluding tert-OH is 1. The van der Waals surface area contributed by atoms with Crippen LogP contribution in [0.15, 0.2) is 18.2 Å². The molecule has 0 saturated carbocycles. The molecule has 1 aliphatic rings. The van der Waals surface area contributed by atoms with E-state index in [2.05, 4.69) is 4.90 Å². The summed E-state index contributed by atoms with van der Waals surface area (Å²) in [4.78, 5) is 13.1. The highest BCUT2D eigenvalue weighted by atomic mass is 16.6. The van der Waals surface area contributed by atoms with Crippen molar-refractivity contribution in [1.29, 1.82) is 0 Å². The van der Waals surface area contributed by atoms with E-state index in [0.29, 0.717) is 11.3 Å². The molecular formula is C15H22N2O3. The van der Waals surface area contributed by atoms with Gasteiger partial charge < -0.3 is 10.0 Å². The van der Waals surface area contributed by atoms with Crippen LogP contribution in [0.25, 0.3) is 0 Å². The van der Waals surface area contributed by atoms with Crippen molar-refractivity contribution in [1.82, 2.24) is 0 Å². The molecule has 2 rings (SSSR count). The molecule has 1 heterocycles. The zero-order valence-electron chi connectivity index (χ0n) is 11.9. The summed E-state index contributed by atoms with van der Waals surface area (Å²) in [6, 6.07) is 5.06. The van der Waals surface area contributed by atoms with E-state index in [-0.39, 0.29) is 10.6 Å². The third-order valence-electron chi connectivity index (χ3n) is 3.88. The van der Waals surface area contributed by atoms with Gasteiger partial charge in [-0.3, -0.25) is 10.1 Å². The fourth-order valence-electron chi connectivity index (χ4n) is 2.70. The Morgan fingerprint density at radius 1 is 1.20 bits per heavy atom. The zero-order valence-corrected chi connectivity index (χ0v) is 11.9. The van der Waals surface area contributed by atoms with Gasteiger partial charge in [-0.25, -0.2) is 0 Å². The SMILES string of the molecule is C[C@@H](O)c1ccc(N2CCCCCCC2)c([N+](=O)[O-])c1. The summed E-state index contributed by atoms with van der Waals surface area (Å²) in [5, 5.41) is 20.9. The zero-order chi connectivity index (χ0) is 14.5. The Morgan fingerprint density at radius 3 is 2.35 bits per heavy atom. The van der Waals surface area contributed by atoms with Crippen LogP contribution in [0, 0.1) is 10.1 Å². The molecule has 110 valence electrons. The van der Waals surface area contributed by atoms with Crippen LogP contribution in [0.2, 0.25) is 0 Å². The van der Waals surface area contributed by atoms with Crippen molar-refractivity contribution in [2.24, 2.45) is 0 Å². The summed E-state index contributed by atoms with van der Waals surface area (Å²) >= 11 is 0. The van der Waals surface area contributed by atoms with E-state index >= 15 is 0 Å². The number of nitrogens with zero attached hydrogens (tertiary/aromatic N) is 2.